The van der Waals surface area contributed by atoms with Crippen molar-refractivity contribution < 1.29 is 0 Å². The van der Waals surface area contributed by atoms with Crippen molar-refractivity contribution in [2.75, 3.05) is 0 Å². The average molecular weight is 211 g/mol. The van der Waals surface area contributed by atoms with Gasteiger partial charge in [0.05, 0.1) is 0 Å². The van der Waals surface area contributed by atoms with Crippen LogP contribution in [0, 0.1) is 13.8 Å². The summed E-state index contributed by atoms with van der Waals surface area (Å²) in [5.74, 6) is 0. The molecule has 0 aromatic heterocycles. The molecule has 0 fully saturated rings. The lowest BCUT2D eigenvalue weighted by molar-refractivity contribution is 1.30. The highest BCUT2D eigenvalue weighted by Crippen LogP contribution is 2.23. The zero-order chi connectivity index (χ0) is 11.5. The fourth-order valence-corrected chi connectivity index (χ4v) is 2.01. The normalized spacial score (nSPS) is 15.4. The highest BCUT2D eigenvalue weighted by Gasteiger charge is 2.03. The van der Waals surface area contributed by atoms with Gasteiger partial charge in [0, 0.05) is 5.70 Å². The molecule has 2 N–H and O–H groups in total. The monoisotopic (exact) mass is 211 g/mol. The van der Waals surface area contributed by atoms with Crippen molar-refractivity contribution in [1.29, 1.82) is 0 Å². The predicted octanol–water partition coefficient (Wildman–Crippen LogP) is 3.49. The van der Waals surface area contributed by atoms with E-state index in [9.17, 15) is 0 Å². The third-order valence-corrected chi connectivity index (χ3v) is 2.74. The molecule has 2 rings (SSSR count). The number of aryl methyl sites for hydroxylation is 2. The van der Waals surface area contributed by atoms with Crippen molar-refractivity contribution in [3.63, 3.8) is 0 Å². The van der Waals surface area contributed by atoms with Gasteiger partial charge in [-0.05, 0) is 37.5 Å². The Bertz CT molecular complexity index is 467. The topological polar surface area (TPSA) is 26.0 Å². The van der Waals surface area contributed by atoms with Gasteiger partial charge in [-0.2, -0.15) is 0 Å². The lowest BCUT2D eigenvalue weighted by Gasteiger charge is -2.07. The zero-order valence-corrected chi connectivity index (χ0v) is 9.83. The van der Waals surface area contributed by atoms with Gasteiger partial charge < -0.3 is 5.73 Å². The first-order valence-corrected chi connectivity index (χ1v) is 5.57. The van der Waals surface area contributed by atoms with E-state index in [1.54, 1.807) is 0 Å². The molecule has 82 valence electrons. The molecule has 0 bridgehead atoms. The van der Waals surface area contributed by atoms with Crippen LogP contribution in [0.5, 0.6) is 0 Å². The summed E-state index contributed by atoms with van der Waals surface area (Å²) >= 11 is 0. The van der Waals surface area contributed by atoms with E-state index >= 15 is 0 Å². The van der Waals surface area contributed by atoms with Crippen molar-refractivity contribution >= 4 is 5.57 Å². The maximum absolute atomic E-state index is 5.78. The molecule has 1 nitrogen and oxygen atoms in total. The molecule has 1 aliphatic rings. The van der Waals surface area contributed by atoms with E-state index in [-0.39, 0.29) is 0 Å². The van der Waals surface area contributed by atoms with Gasteiger partial charge in [0.25, 0.3) is 0 Å². The number of rotatable bonds is 1. The maximum atomic E-state index is 5.78. The summed E-state index contributed by atoms with van der Waals surface area (Å²) in [6, 6.07) is 6.64. The lowest BCUT2D eigenvalue weighted by atomic mass is 9.98. The summed E-state index contributed by atoms with van der Waals surface area (Å²) in [4.78, 5) is 0. The fourth-order valence-electron chi connectivity index (χ4n) is 2.01. The van der Waals surface area contributed by atoms with Gasteiger partial charge in [0.2, 0.25) is 0 Å². The Morgan fingerprint density at radius 1 is 1.06 bits per heavy atom. The molecule has 1 aromatic rings. The Kier molecular flexibility index (Phi) is 2.95. The van der Waals surface area contributed by atoms with Crippen LogP contribution in [0.1, 0.15) is 23.1 Å². The van der Waals surface area contributed by atoms with Crippen LogP contribution >= 0.6 is 0 Å². The minimum atomic E-state index is 0.843. The van der Waals surface area contributed by atoms with Crippen LogP contribution in [0.2, 0.25) is 0 Å². The second kappa shape index (κ2) is 4.40. The summed E-state index contributed by atoms with van der Waals surface area (Å²) < 4.78 is 0. The standard InChI is InChI=1S/C15H17N/c1-11-8-12(2)10-14(9-11)13-4-3-5-15(16)7-6-13/h3-5,7-10H,6,16H2,1-2H3. The summed E-state index contributed by atoms with van der Waals surface area (Å²) in [7, 11) is 0. The van der Waals surface area contributed by atoms with E-state index in [1.165, 1.54) is 22.3 Å². The molecule has 0 spiro atoms. The van der Waals surface area contributed by atoms with Crippen molar-refractivity contribution in [1.82, 2.24) is 0 Å². The minimum absolute atomic E-state index is 0.843. The molecule has 0 heterocycles. The molecule has 0 aliphatic heterocycles. The summed E-state index contributed by atoms with van der Waals surface area (Å²) in [6.07, 6.45) is 9.07. The average Bonchev–Trinajstić information content (AvgIpc) is 2.41. The highest BCUT2D eigenvalue weighted by molar-refractivity contribution is 5.70. The van der Waals surface area contributed by atoms with Crippen molar-refractivity contribution in [2.45, 2.75) is 20.3 Å². The molecule has 0 amide bonds. The molecule has 16 heavy (non-hydrogen) atoms. The molecule has 0 radical (unpaired) electrons. The third-order valence-electron chi connectivity index (χ3n) is 2.74. The predicted molar refractivity (Wildman–Crippen MR) is 69.9 cm³/mol. The SMILES string of the molecule is Cc1cc(C)cc(C2=CC=CC(N)=CC2)c1. The third kappa shape index (κ3) is 2.43. The molecule has 1 heteroatoms. The smallest absolute Gasteiger partial charge is 0.0276 e. The van der Waals surface area contributed by atoms with Crippen LogP contribution in [0.3, 0.4) is 0 Å². The van der Waals surface area contributed by atoms with Crippen molar-refractivity contribution in [2.24, 2.45) is 5.73 Å². The molecular weight excluding hydrogens is 194 g/mol. The zero-order valence-electron chi connectivity index (χ0n) is 9.83. The maximum Gasteiger partial charge on any atom is 0.0276 e. The number of allylic oxidation sites excluding steroid dienone is 5. The van der Waals surface area contributed by atoms with Crippen LogP contribution in [-0.2, 0) is 0 Å². The highest BCUT2D eigenvalue weighted by atomic mass is 14.6. The molecule has 0 saturated carbocycles. The number of nitrogens with two attached hydrogens (primary N) is 1. The molecular formula is C15H17N. The Morgan fingerprint density at radius 2 is 1.75 bits per heavy atom. The van der Waals surface area contributed by atoms with E-state index in [2.05, 4.69) is 44.2 Å². The van der Waals surface area contributed by atoms with Gasteiger partial charge in [-0.15, -0.1) is 0 Å². The molecule has 1 aliphatic carbocycles. The summed E-state index contributed by atoms with van der Waals surface area (Å²) in [5.41, 5.74) is 11.9. The van der Waals surface area contributed by atoms with Gasteiger partial charge in [-0.3, -0.25) is 0 Å². The lowest BCUT2D eigenvalue weighted by Crippen LogP contribution is -1.91. The first-order chi connectivity index (χ1) is 7.65. The van der Waals surface area contributed by atoms with Crippen LogP contribution in [-0.4, -0.2) is 0 Å². The fraction of sp³-hybridized carbons (Fsp3) is 0.200. The Hall–Kier alpha value is -1.76. The number of hydrogen-bond acceptors (Lipinski definition) is 1. The second-order valence-electron chi connectivity index (χ2n) is 4.34. The van der Waals surface area contributed by atoms with Crippen LogP contribution < -0.4 is 5.73 Å². The van der Waals surface area contributed by atoms with Gasteiger partial charge in [0.15, 0.2) is 0 Å². The van der Waals surface area contributed by atoms with Crippen LogP contribution in [0.15, 0.2) is 48.2 Å². The van der Waals surface area contributed by atoms with E-state index in [0.29, 0.717) is 0 Å². The van der Waals surface area contributed by atoms with Crippen LogP contribution in [0.25, 0.3) is 5.57 Å². The van der Waals surface area contributed by atoms with Gasteiger partial charge >= 0.3 is 0 Å². The van der Waals surface area contributed by atoms with E-state index in [0.717, 1.165) is 12.1 Å². The van der Waals surface area contributed by atoms with Crippen LogP contribution in [0.4, 0.5) is 0 Å². The minimum Gasteiger partial charge on any atom is -0.399 e. The first kappa shape index (κ1) is 10.7. The largest absolute Gasteiger partial charge is 0.399 e. The molecule has 0 unspecified atom stereocenters. The Labute approximate surface area is 97.0 Å². The quantitative estimate of drug-likeness (QED) is 0.756. The molecule has 1 aromatic carbocycles. The van der Waals surface area contributed by atoms with Gasteiger partial charge in [-0.25, -0.2) is 0 Å². The van der Waals surface area contributed by atoms with Crippen molar-refractivity contribution in [3.05, 3.63) is 64.9 Å². The summed E-state index contributed by atoms with van der Waals surface area (Å²) in [5, 5.41) is 0. The van der Waals surface area contributed by atoms with E-state index in [1.807, 2.05) is 12.2 Å². The van der Waals surface area contributed by atoms with Gasteiger partial charge in [0.1, 0.15) is 0 Å². The number of benzene rings is 1. The van der Waals surface area contributed by atoms with Crippen molar-refractivity contribution in [3.8, 4) is 0 Å². The molecule has 0 atom stereocenters. The number of hydrogen-bond donors (Lipinski definition) is 1. The Morgan fingerprint density at radius 3 is 2.44 bits per heavy atom. The second-order valence-corrected chi connectivity index (χ2v) is 4.34. The van der Waals surface area contributed by atoms with E-state index in [4.69, 9.17) is 5.73 Å². The molecule has 0 saturated heterocycles. The Balaban J connectivity index is 2.38. The van der Waals surface area contributed by atoms with Gasteiger partial charge in [-0.1, -0.05) is 47.6 Å². The van der Waals surface area contributed by atoms with E-state index < -0.39 is 0 Å². The first-order valence-electron chi connectivity index (χ1n) is 5.57. The summed E-state index contributed by atoms with van der Waals surface area (Å²) in [6.45, 7) is 4.27.